The molecule has 1 heterocycles. The average molecular weight is 400 g/mol. The van der Waals surface area contributed by atoms with Gasteiger partial charge in [0, 0.05) is 10.6 Å². The van der Waals surface area contributed by atoms with Gasteiger partial charge in [0.05, 0.1) is 18.9 Å². The van der Waals surface area contributed by atoms with E-state index in [-0.39, 0.29) is 0 Å². The van der Waals surface area contributed by atoms with Crippen molar-refractivity contribution in [3.8, 4) is 5.75 Å². The molecule has 0 spiro atoms. The van der Waals surface area contributed by atoms with Crippen LogP contribution in [0, 0.1) is 5.92 Å². The van der Waals surface area contributed by atoms with Crippen molar-refractivity contribution in [1.29, 1.82) is 0 Å². The maximum absolute atomic E-state index is 12.1. The van der Waals surface area contributed by atoms with Crippen molar-refractivity contribution < 1.29 is 14.3 Å². The first-order valence-electron chi connectivity index (χ1n) is 9.79. The molecule has 0 saturated carbocycles. The Bertz CT molecular complexity index is 889. The van der Waals surface area contributed by atoms with E-state index >= 15 is 0 Å². The lowest BCUT2D eigenvalue weighted by Crippen LogP contribution is -2.08. The Labute approximate surface area is 171 Å². The second-order valence-electron chi connectivity index (χ2n) is 7.28. The Morgan fingerprint density at radius 1 is 1.18 bits per heavy atom. The molecule has 0 amide bonds. The zero-order valence-corrected chi connectivity index (χ0v) is 17.4. The van der Waals surface area contributed by atoms with E-state index in [0.29, 0.717) is 29.8 Å². The quantitative estimate of drug-likeness (QED) is 0.532. The molecule has 1 aromatic carbocycles. The normalized spacial score (nSPS) is 13.9. The van der Waals surface area contributed by atoms with E-state index in [9.17, 15) is 4.79 Å². The summed E-state index contributed by atoms with van der Waals surface area (Å²) in [6, 6.07) is 11.2. The van der Waals surface area contributed by atoms with E-state index in [1.807, 2.05) is 30.3 Å². The van der Waals surface area contributed by atoms with Gasteiger partial charge >= 0.3 is 5.97 Å². The van der Waals surface area contributed by atoms with Gasteiger partial charge < -0.3 is 9.47 Å². The molecule has 1 aliphatic carbocycles. The highest BCUT2D eigenvalue weighted by Crippen LogP contribution is 2.43. The van der Waals surface area contributed by atoms with Gasteiger partial charge in [0.25, 0.3) is 0 Å². The smallest absolute Gasteiger partial charge is 0.356 e. The molecule has 148 valence electrons. The van der Waals surface area contributed by atoms with Gasteiger partial charge in [-0.3, -0.25) is 0 Å². The summed E-state index contributed by atoms with van der Waals surface area (Å²) in [5, 5.41) is 0.680. The predicted molar refractivity (Wildman–Crippen MR) is 113 cm³/mol. The van der Waals surface area contributed by atoms with Gasteiger partial charge in [-0.1, -0.05) is 31.5 Å². The number of hydrogen-bond donors (Lipinski definition) is 0. The van der Waals surface area contributed by atoms with Crippen LogP contribution >= 0.6 is 11.6 Å². The maximum Gasteiger partial charge on any atom is 0.356 e. The lowest BCUT2D eigenvalue weighted by Gasteiger charge is -2.16. The molecule has 5 heteroatoms. The van der Waals surface area contributed by atoms with Crippen LogP contribution in [0.5, 0.6) is 5.75 Å². The van der Waals surface area contributed by atoms with Gasteiger partial charge in [0.1, 0.15) is 11.4 Å². The minimum Gasteiger partial charge on any atom is -0.493 e. The van der Waals surface area contributed by atoms with Crippen molar-refractivity contribution in [1.82, 2.24) is 4.98 Å². The summed E-state index contributed by atoms with van der Waals surface area (Å²) in [4.78, 5) is 16.6. The van der Waals surface area contributed by atoms with Gasteiger partial charge in [-0.25, -0.2) is 9.78 Å². The summed E-state index contributed by atoms with van der Waals surface area (Å²) < 4.78 is 11.1. The molecule has 3 rings (SSSR count). The van der Waals surface area contributed by atoms with E-state index in [4.69, 9.17) is 21.1 Å². The van der Waals surface area contributed by atoms with Crippen LogP contribution < -0.4 is 4.74 Å². The predicted octanol–water partition coefficient (Wildman–Crippen LogP) is 6.04. The van der Waals surface area contributed by atoms with Crippen molar-refractivity contribution in [2.45, 2.75) is 40.0 Å². The highest BCUT2D eigenvalue weighted by molar-refractivity contribution is 6.30. The molecule has 0 atom stereocenters. The first kappa shape index (κ1) is 20.4. The minimum atomic E-state index is -0.395. The number of halogens is 1. The van der Waals surface area contributed by atoms with Crippen LogP contribution in [-0.4, -0.2) is 24.2 Å². The third-order valence-electron chi connectivity index (χ3n) is 4.60. The molecular weight excluding hydrogens is 374 g/mol. The lowest BCUT2D eigenvalue weighted by atomic mass is 9.98. The second-order valence-corrected chi connectivity index (χ2v) is 7.72. The molecule has 0 unspecified atom stereocenters. The topological polar surface area (TPSA) is 48.4 Å². The zero-order chi connectivity index (χ0) is 20.1. The van der Waals surface area contributed by atoms with Crippen LogP contribution in [0.1, 0.15) is 61.8 Å². The zero-order valence-electron chi connectivity index (χ0n) is 16.6. The molecule has 28 heavy (non-hydrogen) atoms. The van der Waals surface area contributed by atoms with Crippen molar-refractivity contribution in [3.63, 3.8) is 0 Å². The second kappa shape index (κ2) is 9.24. The van der Waals surface area contributed by atoms with E-state index in [2.05, 4.69) is 18.8 Å². The number of carbonyl (C=O) groups is 1. The van der Waals surface area contributed by atoms with Crippen LogP contribution in [0.4, 0.5) is 0 Å². The molecule has 0 aliphatic heterocycles. The molecule has 0 bridgehead atoms. The number of ether oxygens (including phenoxy) is 2. The number of benzene rings is 1. The number of carbonyl (C=O) groups excluding carboxylic acids is 1. The first-order valence-corrected chi connectivity index (χ1v) is 10.2. The first-order chi connectivity index (χ1) is 13.5. The molecule has 0 radical (unpaired) electrons. The number of esters is 1. The van der Waals surface area contributed by atoms with E-state index < -0.39 is 5.97 Å². The summed E-state index contributed by atoms with van der Waals surface area (Å²) in [5.74, 6) is 0.880. The van der Waals surface area contributed by atoms with Gasteiger partial charge in [0.2, 0.25) is 0 Å². The van der Waals surface area contributed by atoms with Crippen LogP contribution in [0.3, 0.4) is 0 Å². The fourth-order valence-corrected chi connectivity index (χ4v) is 3.54. The molecular formula is C23H26ClNO3. The van der Waals surface area contributed by atoms with Crippen molar-refractivity contribution in [2.24, 2.45) is 5.92 Å². The summed E-state index contributed by atoms with van der Waals surface area (Å²) in [7, 11) is 0. The Hall–Kier alpha value is -2.33. The van der Waals surface area contributed by atoms with Gasteiger partial charge in [0.15, 0.2) is 0 Å². The number of aromatic nitrogens is 1. The molecule has 1 aliphatic rings. The third-order valence-corrected chi connectivity index (χ3v) is 4.83. The molecule has 0 N–H and O–H groups in total. The summed E-state index contributed by atoms with van der Waals surface area (Å²) in [6.07, 6.45) is 2.87. The molecule has 1 aromatic heterocycles. The van der Waals surface area contributed by atoms with E-state index in [0.717, 1.165) is 41.8 Å². The van der Waals surface area contributed by atoms with Crippen molar-refractivity contribution in [3.05, 3.63) is 58.4 Å². The molecule has 0 fully saturated rings. The van der Waals surface area contributed by atoms with Gasteiger partial charge in [-0.2, -0.15) is 0 Å². The number of allylic oxidation sites excluding steroid dienone is 2. The number of pyridine rings is 1. The third kappa shape index (κ3) is 4.74. The molecule has 4 nitrogen and oxygen atoms in total. The van der Waals surface area contributed by atoms with Gasteiger partial charge in [-0.05, 0) is 73.6 Å². The summed E-state index contributed by atoms with van der Waals surface area (Å²) in [6.45, 7) is 7.02. The van der Waals surface area contributed by atoms with Crippen LogP contribution in [0.25, 0.3) is 11.1 Å². The number of hydrogen-bond acceptors (Lipinski definition) is 4. The molecule has 2 aromatic rings. The SMILES string of the molecule is CCOC(=O)c1cccc(C2=C(c3cc(Cl)ccc3OCC(C)C)CCC2)n1. The molecule has 0 saturated heterocycles. The Morgan fingerprint density at radius 3 is 2.71 bits per heavy atom. The van der Waals surface area contributed by atoms with Crippen LogP contribution in [0.15, 0.2) is 36.4 Å². The van der Waals surface area contributed by atoms with Crippen molar-refractivity contribution >= 4 is 28.7 Å². The fourth-order valence-electron chi connectivity index (χ4n) is 3.37. The Morgan fingerprint density at radius 2 is 1.96 bits per heavy atom. The largest absolute Gasteiger partial charge is 0.493 e. The fraction of sp³-hybridized carbons (Fsp3) is 0.391. The van der Waals surface area contributed by atoms with Gasteiger partial charge in [-0.15, -0.1) is 0 Å². The highest BCUT2D eigenvalue weighted by Gasteiger charge is 2.22. The monoisotopic (exact) mass is 399 g/mol. The van der Waals surface area contributed by atoms with Crippen molar-refractivity contribution in [2.75, 3.05) is 13.2 Å². The maximum atomic E-state index is 12.1. The minimum absolute atomic E-state index is 0.331. The highest BCUT2D eigenvalue weighted by atomic mass is 35.5. The summed E-state index contributed by atoms with van der Waals surface area (Å²) >= 11 is 6.30. The van der Waals surface area contributed by atoms with E-state index in [1.165, 1.54) is 5.57 Å². The van der Waals surface area contributed by atoms with Crippen LogP contribution in [-0.2, 0) is 4.74 Å². The number of nitrogens with zero attached hydrogens (tertiary/aromatic N) is 1. The summed E-state index contributed by atoms with van der Waals surface area (Å²) in [5.41, 5.74) is 4.50. The Kier molecular flexibility index (Phi) is 6.74. The number of rotatable bonds is 7. The Balaban J connectivity index is 2.02. The standard InChI is InChI=1S/C23H26ClNO3/c1-4-27-23(26)21-10-6-9-20(25-21)18-8-5-7-17(18)19-13-16(24)11-12-22(19)28-14-15(2)3/h6,9-13,15H,4-5,7-8,14H2,1-3H3. The average Bonchev–Trinajstić information content (AvgIpc) is 3.17. The van der Waals surface area contributed by atoms with E-state index in [1.54, 1.807) is 13.0 Å². The lowest BCUT2D eigenvalue weighted by molar-refractivity contribution is 0.0519. The van der Waals surface area contributed by atoms with Crippen LogP contribution in [0.2, 0.25) is 5.02 Å².